The van der Waals surface area contributed by atoms with Crippen molar-refractivity contribution in [3.63, 3.8) is 0 Å². The summed E-state index contributed by atoms with van der Waals surface area (Å²) in [7, 11) is 0. The smallest absolute Gasteiger partial charge is 0.231 e. The van der Waals surface area contributed by atoms with Crippen molar-refractivity contribution in [2.45, 2.75) is 20.4 Å². The van der Waals surface area contributed by atoms with Crippen LogP contribution in [-0.4, -0.2) is 29.0 Å². The number of hydrogen-bond donors (Lipinski definition) is 2. The highest BCUT2D eigenvalue weighted by Gasteiger charge is 2.32. The molecule has 0 aliphatic carbocycles. The van der Waals surface area contributed by atoms with Crippen molar-refractivity contribution in [3.8, 4) is 11.5 Å². The summed E-state index contributed by atoms with van der Waals surface area (Å²) in [4.78, 5) is 17.9. The highest BCUT2D eigenvalue weighted by Crippen LogP contribution is 2.39. The molecule has 0 bridgehead atoms. The third-order valence-corrected chi connectivity index (χ3v) is 4.33. The lowest BCUT2D eigenvalue weighted by Gasteiger charge is -2.17. The first-order chi connectivity index (χ1) is 11.6. The minimum absolute atomic E-state index is 0.162. The lowest BCUT2D eigenvalue weighted by Crippen LogP contribution is -3.10. The molecule has 0 amide bonds. The summed E-state index contributed by atoms with van der Waals surface area (Å²) in [6, 6.07) is 6.86. The van der Waals surface area contributed by atoms with Crippen molar-refractivity contribution >= 4 is 11.9 Å². The SMILES string of the molecule is CC[NH+](CC)Cc1c(O)ccc2c1O/C(=C\c1cccnc1)C2=O. The summed E-state index contributed by atoms with van der Waals surface area (Å²) in [5.74, 6) is 0.752. The molecule has 3 rings (SSSR count). The Morgan fingerprint density at radius 2 is 2.04 bits per heavy atom. The molecule has 24 heavy (non-hydrogen) atoms. The molecule has 1 aliphatic heterocycles. The maximum absolute atomic E-state index is 12.6. The van der Waals surface area contributed by atoms with Crippen molar-refractivity contribution in [2.75, 3.05) is 13.1 Å². The summed E-state index contributed by atoms with van der Waals surface area (Å²) in [5.41, 5.74) is 1.99. The second kappa shape index (κ2) is 6.84. The molecule has 2 N–H and O–H groups in total. The van der Waals surface area contributed by atoms with Gasteiger partial charge in [-0.3, -0.25) is 9.78 Å². The molecule has 5 nitrogen and oxygen atoms in total. The van der Waals surface area contributed by atoms with Crippen molar-refractivity contribution in [1.82, 2.24) is 4.98 Å². The van der Waals surface area contributed by atoms with Crippen LogP contribution in [-0.2, 0) is 6.54 Å². The maximum atomic E-state index is 12.6. The van der Waals surface area contributed by atoms with E-state index in [0.29, 0.717) is 23.4 Å². The third kappa shape index (κ3) is 3.03. The molecule has 0 atom stereocenters. The number of carbonyl (C=O) groups is 1. The van der Waals surface area contributed by atoms with Gasteiger partial charge in [-0.25, -0.2) is 0 Å². The molecule has 1 aliphatic rings. The topological polar surface area (TPSA) is 63.9 Å². The molecule has 0 saturated carbocycles. The van der Waals surface area contributed by atoms with E-state index in [2.05, 4.69) is 18.8 Å². The number of aromatic nitrogens is 1. The Balaban J connectivity index is 1.98. The Kier molecular flexibility index (Phi) is 4.62. The number of aromatic hydroxyl groups is 1. The Morgan fingerprint density at radius 3 is 2.71 bits per heavy atom. The molecule has 2 heterocycles. The van der Waals surface area contributed by atoms with Gasteiger partial charge in [0.05, 0.1) is 24.2 Å². The number of ketones is 1. The number of hydrogen-bond acceptors (Lipinski definition) is 4. The fourth-order valence-electron chi connectivity index (χ4n) is 2.83. The quantitative estimate of drug-likeness (QED) is 0.823. The van der Waals surface area contributed by atoms with E-state index in [9.17, 15) is 9.90 Å². The van der Waals surface area contributed by atoms with Gasteiger partial charge < -0.3 is 14.7 Å². The second-order valence-electron chi connectivity index (χ2n) is 5.80. The van der Waals surface area contributed by atoms with Crippen molar-refractivity contribution in [1.29, 1.82) is 0 Å². The summed E-state index contributed by atoms with van der Waals surface area (Å²) in [6.45, 7) is 6.69. The van der Waals surface area contributed by atoms with Gasteiger partial charge in [-0.2, -0.15) is 0 Å². The Bertz CT molecular complexity index is 781. The predicted molar refractivity (Wildman–Crippen MR) is 91.0 cm³/mol. The number of phenolic OH excluding ortho intramolecular Hbond substituents is 1. The normalized spacial score (nSPS) is 15.0. The number of fused-ring (bicyclic) bond motifs is 1. The second-order valence-corrected chi connectivity index (χ2v) is 5.80. The van der Waals surface area contributed by atoms with Gasteiger partial charge in [0.25, 0.3) is 0 Å². The highest BCUT2D eigenvalue weighted by atomic mass is 16.5. The van der Waals surface area contributed by atoms with Crippen LogP contribution in [0.5, 0.6) is 11.5 Å². The van der Waals surface area contributed by atoms with Crippen molar-refractivity contribution in [2.24, 2.45) is 0 Å². The first-order valence-electron chi connectivity index (χ1n) is 8.16. The number of carbonyl (C=O) groups excluding carboxylic acids is 1. The van der Waals surface area contributed by atoms with Crippen LogP contribution in [0.2, 0.25) is 0 Å². The number of nitrogens with zero attached hydrogens (tertiary/aromatic N) is 1. The molecule has 0 unspecified atom stereocenters. The molecule has 5 heteroatoms. The molecule has 124 valence electrons. The van der Waals surface area contributed by atoms with Crippen LogP contribution in [0.3, 0.4) is 0 Å². The van der Waals surface area contributed by atoms with Gasteiger partial charge in [0, 0.05) is 12.4 Å². The Hall–Kier alpha value is -2.66. The van der Waals surface area contributed by atoms with Crippen LogP contribution in [0.4, 0.5) is 0 Å². The standard InChI is InChI=1S/C19H20N2O3/c1-3-21(4-2)12-15-16(22)8-7-14-18(23)17(24-19(14)15)10-13-6-5-9-20-11-13/h5-11,22H,3-4,12H2,1-2H3/p+1/b17-10-. The van der Waals surface area contributed by atoms with Gasteiger partial charge in [0.2, 0.25) is 5.78 Å². The number of pyridine rings is 1. The van der Waals surface area contributed by atoms with E-state index in [1.807, 2.05) is 6.07 Å². The van der Waals surface area contributed by atoms with E-state index in [1.165, 1.54) is 4.90 Å². The summed E-state index contributed by atoms with van der Waals surface area (Å²) in [5, 5.41) is 10.2. The monoisotopic (exact) mass is 325 g/mol. The molecule has 1 aromatic carbocycles. The fraction of sp³-hybridized carbons (Fsp3) is 0.263. The number of benzene rings is 1. The first kappa shape index (κ1) is 16.2. The zero-order valence-electron chi connectivity index (χ0n) is 13.9. The van der Waals surface area contributed by atoms with E-state index in [4.69, 9.17) is 4.74 Å². The molecule has 0 spiro atoms. The number of rotatable bonds is 5. The molecule has 0 saturated heterocycles. The molecular formula is C19H21N2O3+. The summed E-state index contributed by atoms with van der Waals surface area (Å²) in [6.07, 6.45) is 5.03. The Labute approximate surface area is 141 Å². The number of nitrogens with one attached hydrogen (secondary N) is 1. The minimum Gasteiger partial charge on any atom is -0.507 e. The van der Waals surface area contributed by atoms with E-state index >= 15 is 0 Å². The molecule has 2 aromatic rings. The zero-order chi connectivity index (χ0) is 17.1. The lowest BCUT2D eigenvalue weighted by molar-refractivity contribution is -0.910. The average molecular weight is 325 g/mol. The summed E-state index contributed by atoms with van der Waals surface area (Å²) >= 11 is 0. The maximum Gasteiger partial charge on any atom is 0.231 e. The van der Waals surface area contributed by atoms with Crippen LogP contribution in [0, 0.1) is 0 Å². The number of Topliss-reactive ketones (excluding diaryl/α,β-unsaturated/α-hetero) is 1. The highest BCUT2D eigenvalue weighted by molar-refractivity contribution is 6.14. The molecule has 0 fully saturated rings. The zero-order valence-corrected chi connectivity index (χ0v) is 13.9. The van der Waals surface area contributed by atoms with Crippen LogP contribution >= 0.6 is 0 Å². The van der Waals surface area contributed by atoms with Gasteiger partial charge in [-0.05, 0) is 43.7 Å². The number of quaternary nitrogens is 1. The predicted octanol–water partition coefficient (Wildman–Crippen LogP) is 1.83. The number of allylic oxidation sites excluding steroid dienone is 1. The van der Waals surface area contributed by atoms with Gasteiger partial charge >= 0.3 is 0 Å². The van der Waals surface area contributed by atoms with Crippen LogP contribution in [0.25, 0.3) is 6.08 Å². The van der Waals surface area contributed by atoms with E-state index in [-0.39, 0.29) is 17.3 Å². The fourth-order valence-corrected chi connectivity index (χ4v) is 2.83. The number of phenols is 1. The summed E-state index contributed by atoms with van der Waals surface area (Å²) < 4.78 is 5.84. The van der Waals surface area contributed by atoms with Crippen LogP contribution in [0.15, 0.2) is 42.4 Å². The van der Waals surface area contributed by atoms with E-state index in [1.54, 1.807) is 36.7 Å². The third-order valence-electron chi connectivity index (χ3n) is 4.33. The van der Waals surface area contributed by atoms with Gasteiger partial charge in [0.1, 0.15) is 12.3 Å². The minimum atomic E-state index is -0.162. The van der Waals surface area contributed by atoms with Gasteiger partial charge in [-0.1, -0.05) is 6.07 Å². The molecule has 0 radical (unpaired) electrons. The largest absolute Gasteiger partial charge is 0.507 e. The van der Waals surface area contributed by atoms with E-state index < -0.39 is 0 Å². The molecular weight excluding hydrogens is 304 g/mol. The lowest BCUT2D eigenvalue weighted by atomic mass is 10.0. The van der Waals surface area contributed by atoms with E-state index in [0.717, 1.165) is 18.7 Å². The molecule has 1 aromatic heterocycles. The van der Waals surface area contributed by atoms with Crippen molar-refractivity contribution < 1.29 is 19.5 Å². The number of ether oxygens (including phenoxy) is 1. The van der Waals surface area contributed by atoms with Gasteiger partial charge in [0.15, 0.2) is 11.5 Å². The first-order valence-corrected chi connectivity index (χ1v) is 8.16. The van der Waals surface area contributed by atoms with Crippen LogP contribution in [0.1, 0.15) is 35.3 Å². The van der Waals surface area contributed by atoms with Crippen molar-refractivity contribution in [3.05, 3.63) is 59.1 Å². The van der Waals surface area contributed by atoms with Crippen LogP contribution < -0.4 is 9.64 Å². The Morgan fingerprint density at radius 1 is 1.25 bits per heavy atom. The average Bonchev–Trinajstić information content (AvgIpc) is 2.91. The van der Waals surface area contributed by atoms with Gasteiger partial charge in [-0.15, -0.1) is 0 Å².